The predicted molar refractivity (Wildman–Crippen MR) is 78.9 cm³/mol. The van der Waals surface area contributed by atoms with Crippen molar-refractivity contribution >= 4 is 5.97 Å². The van der Waals surface area contributed by atoms with Crippen LogP contribution in [0.4, 0.5) is 0 Å². The van der Waals surface area contributed by atoms with Gasteiger partial charge in [-0.3, -0.25) is 9.78 Å². The highest BCUT2D eigenvalue weighted by atomic mass is 16.4. The number of carbonyl (C=O) groups is 1. The molecule has 0 amide bonds. The van der Waals surface area contributed by atoms with E-state index in [0.29, 0.717) is 0 Å². The molecule has 2 rings (SSSR count). The molecule has 20 heavy (non-hydrogen) atoms. The molecule has 0 aliphatic rings. The Hall–Kier alpha value is -2.16. The normalized spacial score (nSPS) is 12.1. The minimum Gasteiger partial charge on any atom is -0.481 e. The molecule has 0 radical (unpaired) electrons. The standard InChI is InChI=1S/C17H19NO2/c1-12-5-6-14(13(2)8-12)9-16(10-17(19)20)15-4-3-7-18-11-15/h3-8,11,16H,9-10H2,1-2H3,(H,19,20). The molecule has 0 aliphatic heterocycles. The summed E-state index contributed by atoms with van der Waals surface area (Å²) >= 11 is 0. The van der Waals surface area contributed by atoms with Gasteiger partial charge >= 0.3 is 5.97 Å². The second kappa shape index (κ2) is 6.33. The minimum atomic E-state index is -0.774. The summed E-state index contributed by atoms with van der Waals surface area (Å²) < 4.78 is 0. The fraction of sp³-hybridized carbons (Fsp3) is 0.294. The third-order valence-electron chi connectivity index (χ3n) is 3.54. The zero-order chi connectivity index (χ0) is 14.5. The second-order valence-electron chi connectivity index (χ2n) is 5.22. The van der Waals surface area contributed by atoms with Gasteiger partial charge in [0.15, 0.2) is 0 Å². The highest BCUT2D eigenvalue weighted by Crippen LogP contribution is 2.25. The summed E-state index contributed by atoms with van der Waals surface area (Å²) in [5.74, 6) is -0.814. The molecule has 1 atom stereocenters. The first-order valence-corrected chi connectivity index (χ1v) is 6.74. The Labute approximate surface area is 119 Å². The van der Waals surface area contributed by atoms with Gasteiger partial charge < -0.3 is 5.11 Å². The first kappa shape index (κ1) is 14.3. The van der Waals surface area contributed by atoms with Gasteiger partial charge in [-0.1, -0.05) is 29.8 Å². The van der Waals surface area contributed by atoms with Crippen LogP contribution in [0.1, 0.15) is 34.6 Å². The Morgan fingerprint density at radius 1 is 1.30 bits per heavy atom. The van der Waals surface area contributed by atoms with E-state index in [4.69, 9.17) is 5.11 Å². The summed E-state index contributed by atoms with van der Waals surface area (Å²) in [5.41, 5.74) is 4.62. The fourth-order valence-corrected chi connectivity index (χ4v) is 2.48. The van der Waals surface area contributed by atoms with Crippen LogP contribution in [0.2, 0.25) is 0 Å². The van der Waals surface area contributed by atoms with Crippen molar-refractivity contribution in [1.29, 1.82) is 0 Å². The summed E-state index contributed by atoms with van der Waals surface area (Å²) in [6.45, 7) is 4.13. The molecule has 1 N–H and O–H groups in total. The van der Waals surface area contributed by atoms with Crippen LogP contribution in [0.5, 0.6) is 0 Å². The lowest BCUT2D eigenvalue weighted by atomic mass is 9.88. The van der Waals surface area contributed by atoms with Crippen molar-refractivity contribution in [3.63, 3.8) is 0 Å². The second-order valence-corrected chi connectivity index (χ2v) is 5.22. The lowest BCUT2D eigenvalue weighted by Crippen LogP contribution is -2.10. The first-order chi connectivity index (χ1) is 9.56. The lowest BCUT2D eigenvalue weighted by Gasteiger charge is -2.16. The number of nitrogens with zero attached hydrogens (tertiary/aromatic N) is 1. The third kappa shape index (κ3) is 3.67. The molecule has 1 unspecified atom stereocenters. The summed E-state index contributed by atoms with van der Waals surface area (Å²) in [6, 6.07) is 10.1. The number of hydrogen-bond donors (Lipinski definition) is 1. The van der Waals surface area contributed by atoms with Gasteiger partial charge in [-0.15, -0.1) is 0 Å². The Morgan fingerprint density at radius 2 is 2.10 bits per heavy atom. The lowest BCUT2D eigenvalue weighted by molar-refractivity contribution is -0.137. The molecule has 0 aliphatic carbocycles. The van der Waals surface area contributed by atoms with Gasteiger partial charge in [-0.2, -0.15) is 0 Å². The van der Waals surface area contributed by atoms with Crippen molar-refractivity contribution in [1.82, 2.24) is 4.98 Å². The smallest absolute Gasteiger partial charge is 0.303 e. The number of hydrogen-bond acceptors (Lipinski definition) is 2. The molecule has 0 spiro atoms. The maximum Gasteiger partial charge on any atom is 0.303 e. The van der Waals surface area contributed by atoms with Crippen LogP contribution in [0.3, 0.4) is 0 Å². The molecule has 1 heterocycles. The highest BCUT2D eigenvalue weighted by molar-refractivity contribution is 5.68. The van der Waals surface area contributed by atoms with Crippen LogP contribution < -0.4 is 0 Å². The molecular weight excluding hydrogens is 250 g/mol. The van der Waals surface area contributed by atoms with Gasteiger partial charge in [-0.05, 0) is 48.9 Å². The molecule has 3 heteroatoms. The monoisotopic (exact) mass is 269 g/mol. The molecule has 0 fully saturated rings. The van der Waals surface area contributed by atoms with E-state index in [1.54, 1.807) is 12.4 Å². The quantitative estimate of drug-likeness (QED) is 0.903. The Kier molecular flexibility index (Phi) is 4.51. The number of carboxylic acid groups (broad SMARTS) is 1. The summed E-state index contributed by atoms with van der Waals surface area (Å²) in [7, 11) is 0. The Bertz CT molecular complexity index is 593. The summed E-state index contributed by atoms with van der Waals surface area (Å²) in [5, 5.41) is 9.12. The van der Waals surface area contributed by atoms with Gasteiger partial charge in [0.2, 0.25) is 0 Å². The molecule has 104 valence electrons. The van der Waals surface area contributed by atoms with Crippen molar-refractivity contribution in [2.45, 2.75) is 32.6 Å². The number of benzene rings is 1. The fourth-order valence-electron chi connectivity index (χ4n) is 2.48. The number of rotatable bonds is 5. The first-order valence-electron chi connectivity index (χ1n) is 6.74. The van der Waals surface area contributed by atoms with Crippen LogP contribution in [0.15, 0.2) is 42.7 Å². The van der Waals surface area contributed by atoms with Gasteiger partial charge in [0.1, 0.15) is 0 Å². The maximum absolute atomic E-state index is 11.1. The topological polar surface area (TPSA) is 50.2 Å². The summed E-state index contributed by atoms with van der Waals surface area (Å²) in [4.78, 5) is 15.2. The van der Waals surface area contributed by atoms with Crippen molar-refractivity contribution in [2.75, 3.05) is 0 Å². The predicted octanol–water partition coefficient (Wildman–Crippen LogP) is 3.50. The van der Waals surface area contributed by atoms with E-state index in [0.717, 1.165) is 12.0 Å². The largest absolute Gasteiger partial charge is 0.481 e. The Balaban J connectivity index is 2.26. The molecule has 0 saturated carbocycles. The zero-order valence-corrected chi connectivity index (χ0v) is 11.8. The maximum atomic E-state index is 11.1. The van der Waals surface area contributed by atoms with Crippen molar-refractivity contribution < 1.29 is 9.90 Å². The van der Waals surface area contributed by atoms with Crippen LogP contribution in [0, 0.1) is 13.8 Å². The number of pyridine rings is 1. The van der Waals surface area contributed by atoms with Gasteiger partial charge in [0, 0.05) is 12.4 Å². The van der Waals surface area contributed by atoms with Gasteiger partial charge in [-0.25, -0.2) is 0 Å². The van der Waals surface area contributed by atoms with E-state index in [1.165, 1.54) is 16.7 Å². The van der Waals surface area contributed by atoms with Crippen molar-refractivity contribution in [3.05, 3.63) is 65.0 Å². The van der Waals surface area contributed by atoms with Crippen LogP contribution in [-0.2, 0) is 11.2 Å². The molecule has 0 bridgehead atoms. The van der Waals surface area contributed by atoms with Gasteiger partial charge in [0.05, 0.1) is 6.42 Å². The van der Waals surface area contributed by atoms with Crippen LogP contribution in [0.25, 0.3) is 0 Å². The van der Waals surface area contributed by atoms with E-state index >= 15 is 0 Å². The molecule has 2 aromatic rings. The zero-order valence-electron chi connectivity index (χ0n) is 11.8. The number of aromatic nitrogens is 1. The van der Waals surface area contributed by atoms with Gasteiger partial charge in [0.25, 0.3) is 0 Å². The van der Waals surface area contributed by atoms with Crippen molar-refractivity contribution in [3.8, 4) is 0 Å². The molecular formula is C17H19NO2. The average molecular weight is 269 g/mol. The minimum absolute atomic E-state index is 0.0393. The van der Waals surface area contributed by atoms with E-state index in [9.17, 15) is 4.79 Å². The molecule has 3 nitrogen and oxygen atoms in total. The van der Waals surface area contributed by atoms with Crippen LogP contribution >= 0.6 is 0 Å². The Morgan fingerprint density at radius 3 is 2.70 bits per heavy atom. The van der Waals surface area contributed by atoms with E-state index in [2.05, 4.69) is 37.0 Å². The van der Waals surface area contributed by atoms with Crippen LogP contribution in [-0.4, -0.2) is 16.1 Å². The van der Waals surface area contributed by atoms with E-state index in [1.807, 2.05) is 12.1 Å². The third-order valence-corrected chi connectivity index (χ3v) is 3.54. The molecule has 1 aromatic heterocycles. The van der Waals surface area contributed by atoms with Crippen molar-refractivity contribution in [2.24, 2.45) is 0 Å². The van der Waals surface area contributed by atoms with E-state index < -0.39 is 5.97 Å². The highest BCUT2D eigenvalue weighted by Gasteiger charge is 2.17. The average Bonchev–Trinajstić information content (AvgIpc) is 2.41. The summed E-state index contributed by atoms with van der Waals surface area (Å²) in [6.07, 6.45) is 4.32. The number of aryl methyl sites for hydroxylation is 2. The molecule has 0 saturated heterocycles. The number of carboxylic acids is 1. The number of aliphatic carboxylic acids is 1. The van der Waals surface area contributed by atoms with E-state index in [-0.39, 0.29) is 12.3 Å². The molecule has 1 aromatic carbocycles. The SMILES string of the molecule is Cc1ccc(CC(CC(=O)O)c2cccnc2)c(C)c1.